The molecule has 0 aliphatic heterocycles. The molecule has 0 bridgehead atoms. The Morgan fingerprint density at radius 3 is 2.60 bits per heavy atom. The van der Waals surface area contributed by atoms with Crippen molar-refractivity contribution in [1.29, 1.82) is 0 Å². The smallest absolute Gasteiger partial charge is 0.187 e. The Balaban J connectivity index is 2.82. The summed E-state index contributed by atoms with van der Waals surface area (Å²) in [4.78, 5) is 8.03. The maximum absolute atomic E-state index is 5.72. The lowest BCUT2D eigenvalue weighted by molar-refractivity contribution is 0.358. The van der Waals surface area contributed by atoms with Gasteiger partial charge in [-0.25, -0.2) is 9.97 Å². The third-order valence-corrected chi connectivity index (χ3v) is 2.18. The first-order valence-electron chi connectivity index (χ1n) is 4.39. The van der Waals surface area contributed by atoms with Crippen molar-refractivity contribution in [3.05, 3.63) is 18.5 Å². The Morgan fingerprint density at radius 2 is 1.93 bits per heavy atom. The van der Waals surface area contributed by atoms with Crippen LogP contribution >= 0.6 is 0 Å². The Labute approximate surface area is 86.8 Å². The molecule has 0 amide bonds. The van der Waals surface area contributed by atoms with E-state index in [2.05, 4.69) is 9.97 Å². The van der Waals surface area contributed by atoms with Crippen molar-refractivity contribution in [2.24, 2.45) is 0 Å². The number of fused-ring (bicyclic) bond motifs is 1. The fourth-order valence-corrected chi connectivity index (χ4v) is 1.46. The van der Waals surface area contributed by atoms with Crippen molar-refractivity contribution < 1.29 is 9.47 Å². The number of rotatable bonds is 2. The standard InChI is InChI=1S/C10H11N3O2/c1-14-7-4-3-6-8(9(7)15-2)12-5-13-10(6)11/h3-5H,1-2H3,(H2,11,12,13). The third kappa shape index (κ3) is 1.41. The minimum Gasteiger partial charge on any atom is -0.493 e. The van der Waals surface area contributed by atoms with Gasteiger partial charge in [0.15, 0.2) is 11.5 Å². The van der Waals surface area contributed by atoms with Crippen LogP contribution in [-0.2, 0) is 0 Å². The summed E-state index contributed by atoms with van der Waals surface area (Å²) >= 11 is 0. The van der Waals surface area contributed by atoms with Gasteiger partial charge in [0.2, 0.25) is 0 Å². The second-order valence-electron chi connectivity index (χ2n) is 2.96. The molecule has 1 heterocycles. The van der Waals surface area contributed by atoms with Crippen LogP contribution in [-0.4, -0.2) is 24.2 Å². The van der Waals surface area contributed by atoms with Gasteiger partial charge >= 0.3 is 0 Å². The van der Waals surface area contributed by atoms with Gasteiger partial charge in [0.05, 0.1) is 14.2 Å². The first kappa shape index (κ1) is 9.51. The van der Waals surface area contributed by atoms with Crippen LogP contribution in [0.1, 0.15) is 0 Å². The summed E-state index contributed by atoms with van der Waals surface area (Å²) in [6.07, 6.45) is 1.40. The van der Waals surface area contributed by atoms with Gasteiger partial charge in [0.1, 0.15) is 17.7 Å². The van der Waals surface area contributed by atoms with Gasteiger partial charge in [-0.1, -0.05) is 0 Å². The molecule has 0 saturated heterocycles. The normalized spacial score (nSPS) is 10.3. The second kappa shape index (κ2) is 3.61. The first-order valence-corrected chi connectivity index (χ1v) is 4.39. The number of nitrogens with two attached hydrogens (primary N) is 1. The zero-order valence-corrected chi connectivity index (χ0v) is 8.52. The van der Waals surface area contributed by atoms with Crippen LogP contribution in [0.2, 0.25) is 0 Å². The minimum atomic E-state index is 0.431. The summed E-state index contributed by atoms with van der Waals surface area (Å²) in [6.45, 7) is 0. The molecule has 0 spiro atoms. The summed E-state index contributed by atoms with van der Waals surface area (Å²) in [5.41, 5.74) is 6.38. The number of benzene rings is 1. The van der Waals surface area contributed by atoms with Crippen molar-refractivity contribution in [3.63, 3.8) is 0 Å². The number of anilines is 1. The van der Waals surface area contributed by atoms with Gasteiger partial charge in [0.25, 0.3) is 0 Å². The summed E-state index contributed by atoms with van der Waals surface area (Å²) in [5.74, 6) is 1.63. The lowest BCUT2D eigenvalue weighted by Crippen LogP contribution is -1.97. The van der Waals surface area contributed by atoms with Crippen LogP contribution < -0.4 is 15.2 Å². The van der Waals surface area contributed by atoms with E-state index in [1.165, 1.54) is 6.33 Å². The molecule has 2 N–H and O–H groups in total. The van der Waals surface area contributed by atoms with Crippen LogP contribution in [0, 0.1) is 0 Å². The van der Waals surface area contributed by atoms with Crippen molar-refractivity contribution >= 4 is 16.7 Å². The molecule has 0 aliphatic carbocycles. The topological polar surface area (TPSA) is 70.3 Å². The van der Waals surface area contributed by atoms with Gasteiger partial charge in [-0.05, 0) is 12.1 Å². The quantitative estimate of drug-likeness (QED) is 0.798. The molecule has 2 aromatic rings. The fourth-order valence-electron chi connectivity index (χ4n) is 1.46. The Kier molecular flexibility index (Phi) is 2.29. The molecule has 0 saturated carbocycles. The third-order valence-electron chi connectivity index (χ3n) is 2.18. The van der Waals surface area contributed by atoms with E-state index in [1.807, 2.05) is 6.07 Å². The zero-order valence-electron chi connectivity index (χ0n) is 8.52. The van der Waals surface area contributed by atoms with Crippen LogP contribution in [0.25, 0.3) is 10.9 Å². The second-order valence-corrected chi connectivity index (χ2v) is 2.96. The molecular weight excluding hydrogens is 194 g/mol. The Hall–Kier alpha value is -2.04. The summed E-state index contributed by atoms with van der Waals surface area (Å²) in [6, 6.07) is 3.59. The van der Waals surface area contributed by atoms with E-state index in [9.17, 15) is 0 Å². The van der Waals surface area contributed by atoms with Gasteiger partial charge in [-0.3, -0.25) is 0 Å². The van der Waals surface area contributed by atoms with Crippen LogP contribution in [0.4, 0.5) is 5.82 Å². The van der Waals surface area contributed by atoms with Crippen molar-refractivity contribution in [2.45, 2.75) is 0 Å². The SMILES string of the molecule is COc1ccc2c(N)ncnc2c1OC. The van der Waals surface area contributed by atoms with E-state index in [1.54, 1.807) is 20.3 Å². The highest BCUT2D eigenvalue weighted by Gasteiger charge is 2.11. The molecule has 0 unspecified atom stereocenters. The van der Waals surface area contributed by atoms with Crippen LogP contribution in [0.5, 0.6) is 11.5 Å². The van der Waals surface area contributed by atoms with E-state index in [0.29, 0.717) is 22.8 Å². The highest BCUT2D eigenvalue weighted by atomic mass is 16.5. The predicted molar refractivity (Wildman–Crippen MR) is 57.1 cm³/mol. The van der Waals surface area contributed by atoms with Gasteiger partial charge in [0, 0.05) is 5.39 Å². The summed E-state index contributed by atoms with van der Waals surface area (Å²) in [7, 11) is 3.14. The number of ether oxygens (including phenoxy) is 2. The molecule has 2 rings (SSSR count). The minimum absolute atomic E-state index is 0.431. The molecule has 1 aromatic carbocycles. The number of nitrogens with zero attached hydrogens (tertiary/aromatic N) is 2. The molecule has 15 heavy (non-hydrogen) atoms. The lowest BCUT2D eigenvalue weighted by atomic mass is 10.2. The summed E-state index contributed by atoms with van der Waals surface area (Å²) < 4.78 is 10.4. The maximum atomic E-state index is 5.72. The number of methoxy groups -OCH3 is 2. The van der Waals surface area contributed by atoms with Crippen LogP contribution in [0.3, 0.4) is 0 Å². The zero-order chi connectivity index (χ0) is 10.8. The molecule has 5 heteroatoms. The van der Waals surface area contributed by atoms with Crippen LogP contribution in [0.15, 0.2) is 18.5 Å². The predicted octanol–water partition coefficient (Wildman–Crippen LogP) is 1.23. The van der Waals surface area contributed by atoms with Crippen molar-refractivity contribution in [1.82, 2.24) is 9.97 Å². The molecule has 0 fully saturated rings. The van der Waals surface area contributed by atoms with Gasteiger partial charge < -0.3 is 15.2 Å². The molecule has 1 aromatic heterocycles. The number of aromatic nitrogens is 2. The average Bonchev–Trinajstić information content (AvgIpc) is 2.28. The monoisotopic (exact) mass is 205 g/mol. The average molecular weight is 205 g/mol. The van der Waals surface area contributed by atoms with Gasteiger partial charge in [-0.2, -0.15) is 0 Å². The maximum Gasteiger partial charge on any atom is 0.187 e. The molecule has 0 aliphatic rings. The highest BCUT2D eigenvalue weighted by Crippen LogP contribution is 2.34. The molecule has 0 radical (unpaired) electrons. The molecule has 5 nitrogen and oxygen atoms in total. The van der Waals surface area contributed by atoms with Crippen molar-refractivity contribution in [2.75, 3.05) is 20.0 Å². The number of hydrogen-bond donors (Lipinski definition) is 1. The highest BCUT2D eigenvalue weighted by molar-refractivity contribution is 5.93. The van der Waals surface area contributed by atoms with E-state index < -0.39 is 0 Å². The Morgan fingerprint density at radius 1 is 1.13 bits per heavy atom. The van der Waals surface area contributed by atoms with E-state index in [-0.39, 0.29) is 0 Å². The number of hydrogen-bond acceptors (Lipinski definition) is 5. The molecule has 78 valence electrons. The van der Waals surface area contributed by atoms with E-state index in [0.717, 1.165) is 5.39 Å². The number of nitrogen functional groups attached to an aromatic ring is 1. The summed E-state index contributed by atoms with van der Waals surface area (Å²) in [5, 5.41) is 0.759. The largest absolute Gasteiger partial charge is 0.493 e. The van der Waals surface area contributed by atoms with Gasteiger partial charge in [-0.15, -0.1) is 0 Å². The van der Waals surface area contributed by atoms with Crippen molar-refractivity contribution in [3.8, 4) is 11.5 Å². The van der Waals surface area contributed by atoms with E-state index >= 15 is 0 Å². The Bertz CT molecular complexity index is 499. The fraction of sp³-hybridized carbons (Fsp3) is 0.200. The molecule has 0 atom stereocenters. The van der Waals surface area contributed by atoms with E-state index in [4.69, 9.17) is 15.2 Å². The lowest BCUT2D eigenvalue weighted by Gasteiger charge is -2.09. The first-order chi connectivity index (χ1) is 7.27. The molecular formula is C10H11N3O2.